The van der Waals surface area contributed by atoms with Gasteiger partial charge in [0.2, 0.25) is 5.88 Å². The third-order valence-electron chi connectivity index (χ3n) is 2.53. The molecule has 0 bridgehead atoms. The maximum Gasteiger partial charge on any atom is 0.240 e. The number of aromatic nitrogens is 2. The molecule has 0 spiro atoms. The molecule has 0 atom stereocenters. The van der Waals surface area contributed by atoms with Crippen molar-refractivity contribution in [2.24, 2.45) is 7.05 Å². The molecule has 1 aromatic heterocycles. The van der Waals surface area contributed by atoms with Gasteiger partial charge in [0.15, 0.2) is 0 Å². The van der Waals surface area contributed by atoms with Crippen molar-refractivity contribution in [3.05, 3.63) is 36.2 Å². The molecule has 15 heavy (non-hydrogen) atoms. The average Bonchev–Trinajstić information content (AvgIpc) is 2.56. The SMILES string of the molecule is COc1nc(C)n(C)c1-c1ccccc1. The van der Waals surface area contributed by atoms with Gasteiger partial charge in [-0.2, -0.15) is 4.98 Å². The van der Waals surface area contributed by atoms with Gasteiger partial charge >= 0.3 is 0 Å². The molecule has 1 aromatic carbocycles. The molecule has 78 valence electrons. The number of rotatable bonds is 2. The molecular weight excluding hydrogens is 188 g/mol. The second-order valence-electron chi connectivity index (χ2n) is 3.44. The maximum atomic E-state index is 5.27. The van der Waals surface area contributed by atoms with Crippen molar-refractivity contribution in [1.82, 2.24) is 9.55 Å². The third kappa shape index (κ3) is 1.61. The predicted octanol–water partition coefficient (Wildman–Crippen LogP) is 2.40. The Kier molecular flexibility index (Phi) is 2.46. The van der Waals surface area contributed by atoms with E-state index in [1.807, 2.05) is 36.7 Å². The number of hydrogen-bond acceptors (Lipinski definition) is 2. The first-order chi connectivity index (χ1) is 7.24. The highest BCUT2D eigenvalue weighted by molar-refractivity contribution is 5.65. The second kappa shape index (κ2) is 3.77. The lowest BCUT2D eigenvalue weighted by atomic mass is 10.1. The minimum absolute atomic E-state index is 0.682. The fourth-order valence-corrected chi connectivity index (χ4v) is 1.64. The molecule has 0 radical (unpaired) electrons. The van der Waals surface area contributed by atoms with Crippen molar-refractivity contribution in [3.8, 4) is 17.1 Å². The summed E-state index contributed by atoms with van der Waals surface area (Å²) in [5.41, 5.74) is 2.15. The Morgan fingerprint density at radius 2 is 1.87 bits per heavy atom. The zero-order chi connectivity index (χ0) is 10.8. The van der Waals surface area contributed by atoms with Crippen LogP contribution >= 0.6 is 0 Å². The molecule has 0 aliphatic carbocycles. The van der Waals surface area contributed by atoms with Crippen LogP contribution in [0.25, 0.3) is 11.3 Å². The second-order valence-corrected chi connectivity index (χ2v) is 3.44. The number of methoxy groups -OCH3 is 1. The normalized spacial score (nSPS) is 10.3. The van der Waals surface area contributed by atoms with Crippen LogP contribution in [0, 0.1) is 6.92 Å². The summed E-state index contributed by atoms with van der Waals surface area (Å²) in [4.78, 5) is 4.35. The molecule has 0 saturated carbocycles. The van der Waals surface area contributed by atoms with Gasteiger partial charge in [-0.3, -0.25) is 0 Å². The fraction of sp³-hybridized carbons (Fsp3) is 0.250. The molecule has 3 heteroatoms. The van der Waals surface area contributed by atoms with Crippen molar-refractivity contribution < 1.29 is 4.74 Å². The van der Waals surface area contributed by atoms with E-state index in [-0.39, 0.29) is 0 Å². The zero-order valence-electron chi connectivity index (χ0n) is 9.19. The van der Waals surface area contributed by atoms with Gasteiger partial charge in [0.05, 0.1) is 7.11 Å². The molecule has 1 heterocycles. The quantitative estimate of drug-likeness (QED) is 0.747. The standard InChI is InChI=1S/C12H14N2O/c1-9-13-12(15-3)11(14(9)2)10-7-5-4-6-8-10/h4-8H,1-3H3. The van der Waals surface area contributed by atoms with Crippen molar-refractivity contribution in [2.45, 2.75) is 6.92 Å². The van der Waals surface area contributed by atoms with Crippen molar-refractivity contribution in [3.63, 3.8) is 0 Å². The number of ether oxygens (including phenoxy) is 1. The molecule has 0 saturated heterocycles. The average molecular weight is 202 g/mol. The number of hydrogen-bond donors (Lipinski definition) is 0. The Bertz CT molecular complexity index is 460. The summed E-state index contributed by atoms with van der Waals surface area (Å²) in [5, 5.41) is 0. The monoisotopic (exact) mass is 202 g/mol. The lowest BCUT2D eigenvalue weighted by molar-refractivity contribution is 0.401. The molecule has 3 nitrogen and oxygen atoms in total. The van der Waals surface area contributed by atoms with Crippen LogP contribution in [-0.4, -0.2) is 16.7 Å². The van der Waals surface area contributed by atoms with E-state index in [1.165, 1.54) is 0 Å². The highest BCUT2D eigenvalue weighted by atomic mass is 16.5. The highest BCUT2D eigenvalue weighted by Crippen LogP contribution is 2.29. The Hall–Kier alpha value is -1.77. The molecule has 0 fully saturated rings. The largest absolute Gasteiger partial charge is 0.479 e. The van der Waals surface area contributed by atoms with Crippen LogP contribution < -0.4 is 4.74 Å². The van der Waals surface area contributed by atoms with Crippen LogP contribution in [0.5, 0.6) is 5.88 Å². The van der Waals surface area contributed by atoms with Crippen LogP contribution in [0.15, 0.2) is 30.3 Å². The van der Waals surface area contributed by atoms with Crippen molar-refractivity contribution >= 4 is 0 Å². The summed E-state index contributed by atoms with van der Waals surface area (Å²) in [6, 6.07) is 10.1. The molecule has 0 aliphatic rings. The minimum Gasteiger partial charge on any atom is -0.479 e. The summed E-state index contributed by atoms with van der Waals surface area (Å²) < 4.78 is 7.31. The molecule has 0 unspecified atom stereocenters. The molecule has 0 aliphatic heterocycles. The first-order valence-corrected chi connectivity index (χ1v) is 4.86. The van der Waals surface area contributed by atoms with Gasteiger partial charge in [0, 0.05) is 12.6 Å². The van der Waals surface area contributed by atoms with E-state index in [0.29, 0.717) is 5.88 Å². The molecular formula is C12H14N2O. The fourth-order valence-electron chi connectivity index (χ4n) is 1.64. The maximum absolute atomic E-state index is 5.27. The van der Waals surface area contributed by atoms with Gasteiger partial charge in [-0.15, -0.1) is 0 Å². The van der Waals surface area contributed by atoms with Crippen LogP contribution in [0.4, 0.5) is 0 Å². The Balaban J connectivity index is 2.61. The predicted molar refractivity (Wildman–Crippen MR) is 59.9 cm³/mol. The first-order valence-electron chi connectivity index (χ1n) is 4.86. The Morgan fingerprint density at radius 1 is 1.20 bits per heavy atom. The van der Waals surface area contributed by atoms with Crippen molar-refractivity contribution in [1.29, 1.82) is 0 Å². The number of aryl methyl sites for hydroxylation is 1. The van der Waals surface area contributed by atoms with E-state index in [9.17, 15) is 0 Å². The molecule has 0 N–H and O–H groups in total. The molecule has 0 amide bonds. The van der Waals surface area contributed by atoms with Crippen LogP contribution in [0.2, 0.25) is 0 Å². The van der Waals surface area contributed by atoms with Crippen LogP contribution in [-0.2, 0) is 7.05 Å². The van der Waals surface area contributed by atoms with E-state index >= 15 is 0 Å². The van der Waals surface area contributed by atoms with Crippen LogP contribution in [0.3, 0.4) is 0 Å². The lowest BCUT2D eigenvalue weighted by Gasteiger charge is -2.05. The topological polar surface area (TPSA) is 27.1 Å². The van der Waals surface area contributed by atoms with Gasteiger partial charge < -0.3 is 9.30 Å². The highest BCUT2D eigenvalue weighted by Gasteiger charge is 2.13. The van der Waals surface area contributed by atoms with E-state index in [1.54, 1.807) is 7.11 Å². The summed E-state index contributed by atoms with van der Waals surface area (Å²) in [6.07, 6.45) is 0. The van der Waals surface area contributed by atoms with E-state index in [2.05, 4.69) is 17.1 Å². The Morgan fingerprint density at radius 3 is 2.47 bits per heavy atom. The lowest BCUT2D eigenvalue weighted by Crippen LogP contribution is -1.94. The van der Waals surface area contributed by atoms with E-state index in [4.69, 9.17) is 4.74 Å². The van der Waals surface area contributed by atoms with Crippen LogP contribution in [0.1, 0.15) is 5.82 Å². The summed E-state index contributed by atoms with van der Waals surface area (Å²) >= 11 is 0. The van der Waals surface area contributed by atoms with E-state index in [0.717, 1.165) is 17.1 Å². The number of imidazole rings is 1. The number of benzene rings is 1. The minimum atomic E-state index is 0.682. The molecule has 2 aromatic rings. The van der Waals surface area contributed by atoms with Gasteiger partial charge in [-0.25, -0.2) is 0 Å². The smallest absolute Gasteiger partial charge is 0.240 e. The Labute approximate surface area is 89.3 Å². The van der Waals surface area contributed by atoms with Gasteiger partial charge in [-0.05, 0) is 6.92 Å². The third-order valence-corrected chi connectivity index (χ3v) is 2.53. The summed E-state index contributed by atoms with van der Waals surface area (Å²) in [5.74, 6) is 1.63. The van der Waals surface area contributed by atoms with Gasteiger partial charge in [0.1, 0.15) is 11.5 Å². The first kappa shape index (κ1) is 9.77. The zero-order valence-corrected chi connectivity index (χ0v) is 9.19. The number of nitrogens with zero attached hydrogens (tertiary/aromatic N) is 2. The van der Waals surface area contributed by atoms with Gasteiger partial charge in [0.25, 0.3) is 0 Å². The van der Waals surface area contributed by atoms with Crippen molar-refractivity contribution in [2.75, 3.05) is 7.11 Å². The summed E-state index contributed by atoms with van der Waals surface area (Å²) in [6.45, 7) is 1.97. The summed E-state index contributed by atoms with van der Waals surface area (Å²) in [7, 11) is 3.64. The van der Waals surface area contributed by atoms with Gasteiger partial charge in [-0.1, -0.05) is 30.3 Å². The van der Waals surface area contributed by atoms with E-state index < -0.39 is 0 Å². The molecule has 2 rings (SSSR count).